The fraction of sp³-hybridized carbons (Fsp3) is 0.938. The molecule has 21 heavy (non-hydrogen) atoms. The van der Waals surface area contributed by atoms with Gasteiger partial charge < -0.3 is 15.8 Å². The number of nitrogens with zero attached hydrogens (tertiary/aromatic N) is 1. The minimum absolute atomic E-state index is 0.0453. The van der Waals surface area contributed by atoms with E-state index in [-0.39, 0.29) is 11.3 Å². The van der Waals surface area contributed by atoms with E-state index >= 15 is 0 Å². The number of amides is 1. The number of morpholine rings is 1. The first-order chi connectivity index (χ1) is 9.70. The maximum absolute atomic E-state index is 11.9. The predicted molar refractivity (Wildman–Crippen MR) is 86.1 cm³/mol. The van der Waals surface area contributed by atoms with E-state index in [1.807, 2.05) is 20.8 Å². The lowest BCUT2D eigenvalue weighted by atomic mass is 9.87. The van der Waals surface area contributed by atoms with Crippen LogP contribution in [0.15, 0.2) is 0 Å². The number of carbonyl (C=O) groups excluding carboxylic acids is 1. The van der Waals surface area contributed by atoms with Crippen LogP contribution >= 0.6 is 0 Å². The number of hydrogen-bond acceptors (Lipinski definition) is 4. The van der Waals surface area contributed by atoms with Crippen molar-refractivity contribution in [2.45, 2.75) is 65.7 Å². The smallest absolute Gasteiger partial charge is 0.237 e. The lowest BCUT2D eigenvalue weighted by molar-refractivity contribution is -0.124. The Balaban J connectivity index is 2.13. The normalized spacial score (nSPS) is 25.6. The van der Waals surface area contributed by atoms with E-state index in [0.717, 1.165) is 32.5 Å². The molecule has 0 aliphatic carbocycles. The van der Waals surface area contributed by atoms with Crippen LogP contribution in [0, 0.1) is 5.41 Å². The third kappa shape index (κ3) is 6.76. The van der Waals surface area contributed by atoms with Crippen molar-refractivity contribution in [1.82, 2.24) is 10.2 Å². The number of nitrogens with one attached hydrogen (secondary N) is 1. The summed E-state index contributed by atoms with van der Waals surface area (Å²) >= 11 is 0. The zero-order valence-electron chi connectivity index (χ0n) is 14.3. The highest BCUT2D eigenvalue weighted by molar-refractivity contribution is 5.82. The van der Waals surface area contributed by atoms with Gasteiger partial charge in [0.2, 0.25) is 5.91 Å². The van der Waals surface area contributed by atoms with Gasteiger partial charge in [-0.3, -0.25) is 9.69 Å². The summed E-state index contributed by atoms with van der Waals surface area (Å²) in [5.41, 5.74) is 5.73. The first-order valence-corrected chi connectivity index (χ1v) is 8.11. The lowest BCUT2D eigenvalue weighted by Gasteiger charge is -2.35. The zero-order chi connectivity index (χ0) is 16.0. The number of unbranched alkanes of at least 4 members (excludes halogenated alkanes) is 1. The van der Waals surface area contributed by atoms with Crippen molar-refractivity contribution >= 4 is 5.91 Å². The summed E-state index contributed by atoms with van der Waals surface area (Å²) in [7, 11) is 0. The van der Waals surface area contributed by atoms with Crippen molar-refractivity contribution < 1.29 is 9.53 Å². The summed E-state index contributed by atoms with van der Waals surface area (Å²) in [5.74, 6) is -0.0453. The Hall–Kier alpha value is -0.650. The molecule has 0 saturated carbocycles. The third-order valence-electron chi connectivity index (χ3n) is 3.91. The SMILES string of the molecule is CC1CN(CCCCNC(=O)[C@@H](N)C(C)(C)C)CC(C)O1. The van der Waals surface area contributed by atoms with Crippen LogP contribution in [0.1, 0.15) is 47.5 Å². The van der Waals surface area contributed by atoms with Gasteiger partial charge in [-0.15, -0.1) is 0 Å². The minimum atomic E-state index is -0.446. The van der Waals surface area contributed by atoms with Gasteiger partial charge in [-0.05, 0) is 38.6 Å². The van der Waals surface area contributed by atoms with Crippen LogP contribution < -0.4 is 11.1 Å². The summed E-state index contributed by atoms with van der Waals surface area (Å²) in [6.07, 6.45) is 2.71. The van der Waals surface area contributed by atoms with Gasteiger partial charge in [0.05, 0.1) is 18.2 Å². The quantitative estimate of drug-likeness (QED) is 0.727. The van der Waals surface area contributed by atoms with Gasteiger partial charge in [-0.25, -0.2) is 0 Å². The molecule has 3 N–H and O–H groups in total. The van der Waals surface area contributed by atoms with E-state index in [1.165, 1.54) is 0 Å². The van der Waals surface area contributed by atoms with Crippen LogP contribution in [0.25, 0.3) is 0 Å². The number of ether oxygens (including phenoxy) is 1. The van der Waals surface area contributed by atoms with Crippen molar-refractivity contribution in [3.63, 3.8) is 0 Å². The second-order valence-electron chi connectivity index (χ2n) is 7.36. The summed E-state index contributed by atoms with van der Waals surface area (Å²) in [6.45, 7) is 14.0. The maximum Gasteiger partial charge on any atom is 0.237 e. The maximum atomic E-state index is 11.9. The van der Waals surface area contributed by atoms with Gasteiger partial charge >= 0.3 is 0 Å². The van der Waals surface area contributed by atoms with Crippen LogP contribution in [-0.4, -0.2) is 55.2 Å². The highest BCUT2D eigenvalue weighted by atomic mass is 16.5. The molecular weight excluding hydrogens is 266 g/mol. The molecule has 1 fully saturated rings. The monoisotopic (exact) mass is 299 g/mol. The second kappa shape index (κ2) is 8.11. The molecule has 1 amide bonds. The Morgan fingerprint density at radius 3 is 2.38 bits per heavy atom. The van der Waals surface area contributed by atoms with Crippen molar-refractivity contribution in [1.29, 1.82) is 0 Å². The molecule has 124 valence electrons. The molecular formula is C16H33N3O2. The number of rotatable bonds is 6. The minimum Gasteiger partial charge on any atom is -0.373 e. The highest BCUT2D eigenvalue weighted by Gasteiger charge is 2.27. The molecule has 0 aromatic carbocycles. The van der Waals surface area contributed by atoms with E-state index in [2.05, 4.69) is 24.1 Å². The standard InChI is InChI=1S/C16H33N3O2/c1-12-10-19(11-13(2)21-12)9-7-6-8-18-15(20)14(17)16(3,4)5/h12-14H,6-11,17H2,1-5H3,(H,18,20)/t12?,13?,14-/m1/s1. The molecule has 0 aromatic rings. The fourth-order valence-electron chi connectivity index (χ4n) is 2.64. The van der Waals surface area contributed by atoms with Gasteiger partial charge in [0.15, 0.2) is 0 Å². The highest BCUT2D eigenvalue weighted by Crippen LogP contribution is 2.17. The molecule has 5 nitrogen and oxygen atoms in total. The molecule has 0 bridgehead atoms. The Morgan fingerprint density at radius 1 is 1.29 bits per heavy atom. The van der Waals surface area contributed by atoms with Gasteiger partial charge in [-0.1, -0.05) is 20.8 Å². The van der Waals surface area contributed by atoms with Gasteiger partial charge in [0.1, 0.15) is 0 Å². The second-order valence-corrected chi connectivity index (χ2v) is 7.36. The number of nitrogens with two attached hydrogens (primary N) is 1. The van der Waals surface area contributed by atoms with Crippen LogP contribution in [0.4, 0.5) is 0 Å². The molecule has 2 unspecified atom stereocenters. The Morgan fingerprint density at radius 2 is 1.86 bits per heavy atom. The van der Waals surface area contributed by atoms with E-state index in [4.69, 9.17) is 10.5 Å². The van der Waals surface area contributed by atoms with E-state index in [0.29, 0.717) is 18.8 Å². The van der Waals surface area contributed by atoms with E-state index in [1.54, 1.807) is 0 Å². The van der Waals surface area contributed by atoms with Gasteiger partial charge in [-0.2, -0.15) is 0 Å². The third-order valence-corrected chi connectivity index (χ3v) is 3.91. The van der Waals surface area contributed by atoms with Crippen molar-refractivity contribution in [2.24, 2.45) is 11.1 Å². The molecule has 5 heteroatoms. The van der Waals surface area contributed by atoms with E-state index < -0.39 is 6.04 Å². The Labute approximate surface area is 129 Å². The van der Waals surface area contributed by atoms with Gasteiger partial charge in [0, 0.05) is 19.6 Å². The van der Waals surface area contributed by atoms with Crippen LogP contribution in [0.3, 0.4) is 0 Å². The van der Waals surface area contributed by atoms with E-state index in [9.17, 15) is 4.79 Å². The first-order valence-electron chi connectivity index (χ1n) is 8.11. The molecule has 3 atom stereocenters. The molecule has 1 heterocycles. The zero-order valence-corrected chi connectivity index (χ0v) is 14.3. The van der Waals surface area contributed by atoms with Crippen LogP contribution in [0.2, 0.25) is 0 Å². The topological polar surface area (TPSA) is 67.6 Å². The summed E-state index contributed by atoms with van der Waals surface area (Å²) in [4.78, 5) is 14.3. The average molecular weight is 299 g/mol. The molecule has 1 aliphatic heterocycles. The Kier molecular flexibility index (Phi) is 7.10. The number of hydrogen-bond donors (Lipinski definition) is 2. The van der Waals surface area contributed by atoms with Crippen molar-refractivity contribution in [2.75, 3.05) is 26.2 Å². The predicted octanol–water partition coefficient (Wildman–Crippen LogP) is 1.37. The van der Waals surface area contributed by atoms with Crippen molar-refractivity contribution in [3.8, 4) is 0 Å². The molecule has 1 rings (SSSR count). The van der Waals surface area contributed by atoms with Crippen molar-refractivity contribution in [3.05, 3.63) is 0 Å². The molecule has 0 radical (unpaired) electrons. The number of carbonyl (C=O) groups is 1. The molecule has 1 saturated heterocycles. The fourth-order valence-corrected chi connectivity index (χ4v) is 2.64. The van der Waals surface area contributed by atoms with Crippen LogP contribution in [0.5, 0.6) is 0 Å². The first kappa shape index (κ1) is 18.4. The summed E-state index contributed by atoms with van der Waals surface area (Å²) in [6, 6.07) is -0.446. The van der Waals surface area contributed by atoms with Gasteiger partial charge in [0.25, 0.3) is 0 Å². The van der Waals surface area contributed by atoms with Crippen LogP contribution in [-0.2, 0) is 9.53 Å². The largest absolute Gasteiger partial charge is 0.373 e. The molecule has 0 aromatic heterocycles. The lowest BCUT2D eigenvalue weighted by Crippen LogP contribution is -2.49. The molecule has 1 aliphatic rings. The average Bonchev–Trinajstić information content (AvgIpc) is 2.35. The Bertz CT molecular complexity index is 318. The summed E-state index contributed by atoms with van der Waals surface area (Å²) < 4.78 is 5.72. The molecule has 0 spiro atoms. The summed E-state index contributed by atoms with van der Waals surface area (Å²) in [5, 5.41) is 2.94.